The number of hydrogen-bond acceptors (Lipinski definition) is 2. The molecular formula is C19H23NO. The zero-order valence-electron chi connectivity index (χ0n) is 13.4. The van der Waals surface area contributed by atoms with Crippen molar-refractivity contribution >= 4 is 11.9 Å². The maximum Gasteiger partial charge on any atom is 0.128 e. The van der Waals surface area contributed by atoms with Crippen molar-refractivity contribution in [2.75, 3.05) is 0 Å². The van der Waals surface area contributed by atoms with Gasteiger partial charge in [0.15, 0.2) is 0 Å². The second kappa shape index (κ2) is 5.72. The minimum atomic E-state index is -0.0947. The lowest BCUT2D eigenvalue weighted by Crippen LogP contribution is -2.12. The van der Waals surface area contributed by atoms with Gasteiger partial charge in [-0.2, -0.15) is 0 Å². The third kappa shape index (κ3) is 3.72. The summed E-state index contributed by atoms with van der Waals surface area (Å²) in [6, 6.07) is 12.0. The van der Waals surface area contributed by atoms with Gasteiger partial charge in [-0.05, 0) is 43.0 Å². The van der Waals surface area contributed by atoms with Gasteiger partial charge in [-0.1, -0.05) is 44.5 Å². The lowest BCUT2D eigenvalue weighted by atomic mass is 9.84. The monoisotopic (exact) mass is 281 g/mol. The molecule has 0 unspecified atom stereocenters. The Kier molecular flexibility index (Phi) is 4.17. The zero-order valence-corrected chi connectivity index (χ0v) is 13.4. The number of aromatic hydroxyl groups is 1. The molecule has 0 radical (unpaired) electrons. The SMILES string of the molecule is Cc1ccc(N=Cc2cc(C)cc(C(C)(C)C)c2O)cc1. The Labute approximate surface area is 127 Å². The van der Waals surface area contributed by atoms with E-state index in [9.17, 15) is 5.11 Å². The molecule has 2 rings (SSSR count). The fourth-order valence-electron chi connectivity index (χ4n) is 2.25. The molecule has 0 aromatic heterocycles. The fourth-order valence-corrected chi connectivity index (χ4v) is 2.25. The first-order valence-electron chi connectivity index (χ1n) is 7.22. The molecule has 0 atom stereocenters. The van der Waals surface area contributed by atoms with Crippen LogP contribution in [-0.4, -0.2) is 11.3 Å². The summed E-state index contributed by atoms with van der Waals surface area (Å²) in [5, 5.41) is 10.5. The van der Waals surface area contributed by atoms with Crippen LogP contribution in [-0.2, 0) is 5.41 Å². The van der Waals surface area contributed by atoms with Gasteiger partial charge in [0.25, 0.3) is 0 Å². The second-order valence-electron chi connectivity index (χ2n) is 6.59. The van der Waals surface area contributed by atoms with Crippen LogP contribution in [0.1, 0.15) is 43.0 Å². The topological polar surface area (TPSA) is 32.6 Å². The van der Waals surface area contributed by atoms with Crippen molar-refractivity contribution in [2.45, 2.75) is 40.0 Å². The summed E-state index contributed by atoms with van der Waals surface area (Å²) in [5.41, 5.74) is 4.85. The predicted octanol–water partition coefficient (Wildman–Crippen LogP) is 5.06. The molecule has 0 aliphatic heterocycles. The van der Waals surface area contributed by atoms with E-state index in [0.29, 0.717) is 5.75 Å². The van der Waals surface area contributed by atoms with Crippen LogP contribution in [0.3, 0.4) is 0 Å². The van der Waals surface area contributed by atoms with Crippen LogP contribution in [0.2, 0.25) is 0 Å². The Morgan fingerprint density at radius 3 is 2.14 bits per heavy atom. The van der Waals surface area contributed by atoms with Gasteiger partial charge in [0.2, 0.25) is 0 Å². The standard InChI is InChI=1S/C19H23NO/c1-13-6-8-16(9-7-13)20-12-15-10-14(2)11-17(18(15)21)19(3,4)5/h6-12,21H,1-5H3. The molecule has 0 aliphatic rings. The van der Waals surface area contributed by atoms with Crippen molar-refractivity contribution in [3.05, 3.63) is 58.7 Å². The molecule has 0 heterocycles. The van der Waals surface area contributed by atoms with Crippen molar-refractivity contribution in [1.29, 1.82) is 0 Å². The second-order valence-corrected chi connectivity index (χ2v) is 6.59. The van der Waals surface area contributed by atoms with Crippen LogP contribution < -0.4 is 0 Å². The third-order valence-corrected chi connectivity index (χ3v) is 3.48. The van der Waals surface area contributed by atoms with Crippen LogP contribution in [0, 0.1) is 13.8 Å². The molecule has 0 aliphatic carbocycles. The maximum atomic E-state index is 10.5. The molecular weight excluding hydrogens is 258 g/mol. The quantitative estimate of drug-likeness (QED) is 0.767. The van der Waals surface area contributed by atoms with Crippen LogP contribution >= 0.6 is 0 Å². The molecule has 110 valence electrons. The number of benzene rings is 2. The van der Waals surface area contributed by atoms with Crippen molar-refractivity contribution in [2.24, 2.45) is 4.99 Å². The van der Waals surface area contributed by atoms with Crippen molar-refractivity contribution in [1.82, 2.24) is 0 Å². The highest BCUT2D eigenvalue weighted by Gasteiger charge is 2.20. The van der Waals surface area contributed by atoms with Crippen LogP contribution in [0.5, 0.6) is 5.75 Å². The number of hydrogen-bond donors (Lipinski definition) is 1. The summed E-state index contributed by atoms with van der Waals surface area (Å²) in [6.45, 7) is 10.4. The zero-order chi connectivity index (χ0) is 15.6. The lowest BCUT2D eigenvalue weighted by Gasteiger charge is -2.22. The molecule has 21 heavy (non-hydrogen) atoms. The highest BCUT2D eigenvalue weighted by atomic mass is 16.3. The normalized spacial score (nSPS) is 12.0. The summed E-state index contributed by atoms with van der Waals surface area (Å²) in [7, 11) is 0. The molecule has 0 bridgehead atoms. The van der Waals surface area contributed by atoms with Crippen LogP contribution in [0.25, 0.3) is 0 Å². The minimum Gasteiger partial charge on any atom is -0.507 e. The van der Waals surface area contributed by atoms with Gasteiger partial charge < -0.3 is 5.11 Å². The molecule has 0 saturated heterocycles. The van der Waals surface area contributed by atoms with Gasteiger partial charge in [0.05, 0.1) is 5.69 Å². The average Bonchev–Trinajstić information content (AvgIpc) is 2.40. The highest BCUT2D eigenvalue weighted by molar-refractivity contribution is 5.86. The summed E-state index contributed by atoms with van der Waals surface area (Å²) in [6.07, 6.45) is 1.74. The van der Waals surface area contributed by atoms with E-state index in [2.05, 4.69) is 32.7 Å². The molecule has 2 aromatic carbocycles. The lowest BCUT2D eigenvalue weighted by molar-refractivity contribution is 0.445. The van der Waals surface area contributed by atoms with E-state index in [1.807, 2.05) is 43.3 Å². The van der Waals surface area contributed by atoms with Crippen molar-refractivity contribution in [3.8, 4) is 5.75 Å². The largest absolute Gasteiger partial charge is 0.507 e. The van der Waals surface area contributed by atoms with Crippen LogP contribution in [0.15, 0.2) is 41.4 Å². The first-order chi connectivity index (χ1) is 9.77. The van der Waals surface area contributed by atoms with E-state index in [1.165, 1.54) is 5.56 Å². The van der Waals surface area contributed by atoms with Gasteiger partial charge in [-0.15, -0.1) is 0 Å². The molecule has 2 nitrogen and oxygen atoms in total. The van der Waals surface area contributed by atoms with E-state index in [1.54, 1.807) is 6.21 Å². The Hall–Kier alpha value is -2.09. The number of phenolic OH excluding ortho intramolecular Hbond substituents is 1. The molecule has 2 aromatic rings. The Morgan fingerprint density at radius 2 is 1.57 bits per heavy atom. The number of aryl methyl sites for hydroxylation is 2. The Balaban J connectivity index is 2.40. The summed E-state index contributed by atoms with van der Waals surface area (Å²) in [5.74, 6) is 0.323. The van der Waals surface area contributed by atoms with E-state index in [-0.39, 0.29) is 5.41 Å². The summed E-state index contributed by atoms with van der Waals surface area (Å²) >= 11 is 0. The summed E-state index contributed by atoms with van der Waals surface area (Å²) in [4.78, 5) is 4.46. The van der Waals surface area contributed by atoms with Crippen molar-refractivity contribution in [3.63, 3.8) is 0 Å². The molecule has 0 saturated carbocycles. The van der Waals surface area contributed by atoms with E-state index < -0.39 is 0 Å². The Bertz CT molecular complexity index is 661. The molecule has 0 amide bonds. The number of nitrogens with zero attached hydrogens (tertiary/aromatic N) is 1. The summed E-state index contributed by atoms with van der Waals surface area (Å²) < 4.78 is 0. The first-order valence-corrected chi connectivity index (χ1v) is 7.22. The smallest absolute Gasteiger partial charge is 0.128 e. The Morgan fingerprint density at radius 1 is 0.952 bits per heavy atom. The highest BCUT2D eigenvalue weighted by Crippen LogP contribution is 2.33. The molecule has 0 fully saturated rings. The van der Waals surface area contributed by atoms with E-state index in [4.69, 9.17) is 0 Å². The predicted molar refractivity (Wildman–Crippen MR) is 90.0 cm³/mol. The van der Waals surface area contributed by atoms with Gasteiger partial charge in [-0.3, -0.25) is 4.99 Å². The minimum absolute atomic E-state index is 0.0947. The number of phenols is 1. The van der Waals surface area contributed by atoms with Crippen molar-refractivity contribution < 1.29 is 5.11 Å². The van der Waals surface area contributed by atoms with Crippen LogP contribution in [0.4, 0.5) is 5.69 Å². The molecule has 0 spiro atoms. The molecule has 1 N–H and O–H groups in total. The number of aliphatic imine (C=N–C) groups is 1. The number of rotatable bonds is 2. The maximum absolute atomic E-state index is 10.5. The van der Waals surface area contributed by atoms with Gasteiger partial charge in [0, 0.05) is 17.3 Å². The van der Waals surface area contributed by atoms with E-state index >= 15 is 0 Å². The van der Waals surface area contributed by atoms with Gasteiger partial charge in [0.1, 0.15) is 5.75 Å². The fraction of sp³-hybridized carbons (Fsp3) is 0.316. The molecule has 2 heteroatoms. The third-order valence-electron chi connectivity index (χ3n) is 3.48. The average molecular weight is 281 g/mol. The van der Waals surface area contributed by atoms with Gasteiger partial charge >= 0.3 is 0 Å². The first kappa shape index (κ1) is 15.3. The van der Waals surface area contributed by atoms with E-state index in [0.717, 1.165) is 22.4 Å². The van der Waals surface area contributed by atoms with Gasteiger partial charge in [-0.25, -0.2) is 0 Å².